The van der Waals surface area contributed by atoms with Gasteiger partial charge in [0.25, 0.3) is 15.9 Å². The number of halogens is 3. The standard InChI is InChI=1S/C16H16Cl3N3O3S/c1-16(2,3)8-6-4-5-7-9(8)22-26(24,25)12-10(15(20)23)13(18)21-14(19)11(12)17/h4-7,22H,1-3H3,(H2,20,23). The molecule has 0 aliphatic heterocycles. The Morgan fingerprint density at radius 1 is 1.12 bits per heavy atom. The summed E-state index contributed by atoms with van der Waals surface area (Å²) >= 11 is 17.7. The molecule has 2 rings (SSSR count). The van der Waals surface area contributed by atoms with E-state index >= 15 is 0 Å². The molecule has 1 amide bonds. The van der Waals surface area contributed by atoms with Crippen molar-refractivity contribution in [1.29, 1.82) is 0 Å². The number of carbonyl (C=O) groups is 1. The van der Waals surface area contributed by atoms with Gasteiger partial charge in [0.2, 0.25) is 0 Å². The van der Waals surface area contributed by atoms with Crippen LogP contribution in [-0.2, 0) is 15.4 Å². The van der Waals surface area contributed by atoms with Crippen LogP contribution in [0.2, 0.25) is 15.3 Å². The van der Waals surface area contributed by atoms with Gasteiger partial charge in [-0.15, -0.1) is 0 Å². The summed E-state index contributed by atoms with van der Waals surface area (Å²) in [5.74, 6) is -1.09. The molecule has 0 saturated heterocycles. The third-order valence-electron chi connectivity index (χ3n) is 3.50. The van der Waals surface area contributed by atoms with Crippen molar-refractivity contribution in [3.8, 4) is 0 Å². The van der Waals surface area contributed by atoms with Crippen molar-refractivity contribution in [2.24, 2.45) is 5.73 Å². The molecule has 1 aromatic carbocycles. The number of aromatic nitrogens is 1. The summed E-state index contributed by atoms with van der Waals surface area (Å²) in [5, 5.41) is -1.24. The number of anilines is 1. The average molecular weight is 437 g/mol. The van der Waals surface area contributed by atoms with E-state index in [-0.39, 0.29) is 10.6 Å². The zero-order valence-corrected chi connectivity index (χ0v) is 17.2. The number of primary amides is 1. The molecule has 140 valence electrons. The Labute approximate surface area is 166 Å². The molecule has 1 aromatic heterocycles. The fourth-order valence-corrected chi connectivity index (χ4v) is 4.79. The Morgan fingerprint density at radius 2 is 1.69 bits per heavy atom. The van der Waals surface area contributed by atoms with Crippen molar-refractivity contribution >= 4 is 56.4 Å². The number of sulfonamides is 1. The molecule has 0 radical (unpaired) electrons. The first-order valence-electron chi connectivity index (χ1n) is 7.33. The number of nitrogens with zero attached hydrogens (tertiary/aromatic N) is 1. The number of pyridine rings is 1. The summed E-state index contributed by atoms with van der Waals surface area (Å²) in [6.07, 6.45) is 0. The second-order valence-corrected chi connectivity index (χ2v) is 9.19. The molecule has 0 unspecified atom stereocenters. The maximum atomic E-state index is 13.0. The van der Waals surface area contributed by atoms with E-state index in [0.29, 0.717) is 5.69 Å². The summed E-state index contributed by atoms with van der Waals surface area (Å²) in [6.45, 7) is 5.80. The van der Waals surface area contributed by atoms with Gasteiger partial charge in [-0.1, -0.05) is 73.8 Å². The molecule has 2 aromatic rings. The fraction of sp³-hybridized carbons (Fsp3) is 0.250. The van der Waals surface area contributed by atoms with Crippen molar-refractivity contribution < 1.29 is 13.2 Å². The van der Waals surface area contributed by atoms with E-state index in [1.54, 1.807) is 24.3 Å². The van der Waals surface area contributed by atoms with Gasteiger partial charge in [0.1, 0.15) is 10.0 Å². The van der Waals surface area contributed by atoms with Crippen molar-refractivity contribution in [3.05, 3.63) is 50.7 Å². The molecule has 3 N–H and O–H groups in total. The van der Waals surface area contributed by atoms with E-state index in [2.05, 4.69) is 9.71 Å². The Hall–Kier alpha value is -1.54. The first-order chi connectivity index (χ1) is 11.9. The van der Waals surface area contributed by atoms with E-state index in [1.807, 2.05) is 20.8 Å². The van der Waals surface area contributed by atoms with Crippen LogP contribution in [0.15, 0.2) is 29.2 Å². The minimum Gasteiger partial charge on any atom is -0.365 e. The number of nitrogens with one attached hydrogen (secondary N) is 1. The van der Waals surface area contributed by atoms with Crippen LogP contribution < -0.4 is 10.5 Å². The molecule has 10 heteroatoms. The third-order valence-corrected chi connectivity index (χ3v) is 6.06. The molecule has 0 aliphatic rings. The number of carbonyl (C=O) groups excluding carboxylic acids is 1. The second-order valence-electron chi connectivity index (χ2n) is 6.48. The van der Waals surface area contributed by atoms with Gasteiger partial charge < -0.3 is 5.73 Å². The monoisotopic (exact) mass is 435 g/mol. The zero-order chi connectivity index (χ0) is 19.9. The Balaban J connectivity index is 2.70. The van der Waals surface area contributed by atoms with Crippen molar-refractivity contribution in [1.82, 2.24) is 4.98 Å². The average Bonchev–Trinajstić information content (AvgIpc) is 2.49. The number of amides is 1. The second kappa shape index (κ2) is 7.23. The quantitative estimate of drug-likeness (QED) is 0.700. The van der Waals surface area contributed by atoms with Crippen molar-refractivity contribution in [2.75, 3.05) is 4.72 Å². The number of hydrogen-bond donors (Lipinski definition) is 2. The molecule has 6 nitrogen and oxygen atoms in total. The highest BCUT2D eigenvalue weighted by Crippen LogP contribution is 2.37. The van der Waals surface area contributed by atoms with Crippen LogP contribution in [0, 0.1) is 0 Å². The lowest BCUT2D eigenvalue weighted by Gasteiger charge is -2.23. The highest BCUT2D eigenvalue weighted by molar-refractivity contribution is 7.93. The maximum Gasteiger partial charge on any atom is 0.264 e. The Morgan fingerprint density at radius 3 is 2.23 bits per heavy atom. The third kappa shape index (κ3) is 4.06. The van der Waals surface area contributed by atoms with E-state index in [9.17, 15) is 13.2 Å². The number of nitrogens with two attached hydrogens (primary N) is 1. The molecular formula is C16H16Cl3N3O3S. The predicted molar refractivity (Wildman–Crippen MR) is 104 cm³/mol. The van der Waals surface area contributed by atoms with Gasteiger partial charge in [-0.3, -0.25) is 9.52 Å². The minimum absolute atomic E-state index is 0.329. The van der Waals surface area contributed by atoms with Crippen molar-refractivity contribution in [3.63, 3.8) is 0 Å². The molecule has 0 atom stereocenters. The fourth-order valence-electron chi connectivity index (χ4n) is 2.38. The van der Waals surface area contributed by atoms with Gasteiger partial charge in [-0.2, -0.15) is 0 Å². The summed E-state index contributed by atoms with van der Waals surface area (Å²) in [4.78, 5) is 14.8. The minimum atomic E-state index is -4.34. The molecule has 1 heterocycles. The first-order valence-corrected chi connectivity index (χ1v) is 9.94. The molecular weight excluding hydrogens is 421 g/mol. The van der Waals surface area contributed by atoms with E-state index in [4.69, 9.17) is 40.5 Å². The topological polar surface area (TPSA) is 102 Å². The van der Waals surface area contributed by atoms with E-state index in [1.165, 1.54) is 0 Å². The van der Waals surface area contributed by atoms with Crippen LogP contribution in [0.5, 0.6) is 0 Å². The van der Waals surface area contributed by atoms with Crippen LogP contribution in [0.25, 0.3) is 0 Å². The van der Waals surface area contributed by atoms with Crippen LogP contribution >= 0.6 is 34.8 Å². The Bertz CT molecular complexity index is 986. The summed E-state index contributed by atoms with van der Waals surface area (Å²) in [7, 11) is -4.34. The number of benzene rings is 1. The zero-order valence-electron chi connectivity index (χ0n) is 14.1. The lowest BCUT2D eigenvalue weighted by molar-refractivity contribution is 0.0997. The lowest BCUT2D eigenvalue weighted by Crippen LogP contribution is -2.24. The highest BCUT2D eigenvalue weighted by Gasteiger charge is 2.31. The first kappa shape index (κ1) is 20.8. The van der Waals surface area contributed by atoms with E-state index in [0.717, 1.165) is 5.56 Å². The lowest BCUT2D eigenvalue weighted by atomic mass is 9.86. The summed E-state index contributed by atoms with van der Waals surface area (Å²) < 4.78 is 28.4. The van der Waals surface area contributed by atoms with Gasteiger partial charge in [0.15, 0.2) is 5.15 Å². The molecule has 26 heavy (non-hydrogen) atoms. The predicted octanol–water partition coefficient (Wildman–Crippen LogP) is 4.24. The molecule has 0 saturated carbocycles. The van der Waals surface area contributed by atoms with Gasteiger partial charge in [-0.25, -0.2) is 13.4 Å². The van der Waals surface area contributed by atoms with Crippen LogP contribution in [-0.4, -0.2) is 19.3 Å². The van der Waals surface area contributed by atoms with Gasteiger partial charge in [-0.05, 0) is 17.0 Å². The van der Waals surface area contributed by atoms with Crippen LogP contribution in [0.4, 0.5) is 5.69 Å². The number of para-hydroxylation sites is 1. The SMILES string of the molecule is CC(C)(C)c1ccccc1NS(=O)(=O)c1c(Cl)c(Cl)nc(Cl)c1C(N)=O. The van der Waals surface area contributed by atoms with Crippen LogP contribution in [0.1, 0.15) is 36.7 Å². The van der Waals surface area contributed by atoms with Crippen LogP contribution in [0.3, 0.4) is 0 Å². The highest BCUT2D eigenvalue weighted by atomic mass is 35.5. The molecule has 0 bridgehead atoms. The Kier molecular flexibility index (Phi) is 5.77. The summed E-state index contributed by atoms with van der Waals surface area (Å²) in [5.41, 5.74) is 5.47. The maximum absolute atomic E-state index is 13.0. The molecule has 0 fully saturated rings. The van der Waals surface area contributed by atoms with Gasteiger partial charge in [0, 0.05) is 0 Å². The number of hydrogen-bond acceptors (Lipinski definition) is 4. The molecule has 0 spiro atoms. The smallest absolute Gasteiger partial charge is 0.264 e. The summed E-state index contributed by atoms with van der Waals surface area (Å²) in [6, 6.07) is 6.86. The molecule has 0 aliphatic carbocycles. The number of rotatable bonds is 4. The van der Waals surface area contributed by atoms with Gasteiger partial charge in [0.05, 0.1) is 16.3 Å². The largest absolute Gasteiger partial charge is 0.365 e. The van der Waals surface area contributed by atoms with E-state index < -0.39 is 36.6 Å². The normalized spacial score (nSPS) is 12.1. The van der Waals surface area contributed by atoms with Gasteiger partial charge >= 0.3 is 0 Å². The van der Waals surface area contributed by atoms with Crippen molar-refractivity contribution in [2.45, 2.75) is 31.1 Å².